The highest BCUT2D eigenvalue weighted by Gasteiger charge is 2.01. The fourth-order valence-electron chi connectivity index (χ4n) is 1.28. The predicted molar refractivity (Wildman–Crippen MR) is 55.5 cm³/mol. The second-order valence-electron chi connectivity index (χ2n) is 2.76. The quantitative estimate of drug-likeness (QED) is 0.661. The molecule has 1 rings (SSSR count). The molecular formula is C11H13Cl. The van der Waals surface area contributed by atoms with E-state index in [9.17, 15) is 0 Å². The Labute approximate surface area is 78.9 Å². The third-order valence-electron chi connectivity index (χ3n) is 1.88. The van der Waals surface area contributed by atoms with E-state index in [-0.39, 0.29) is 0 Å². The summed E-state index contributed by atoms with van der Waals surface area (Å²) in [5.41, 5.74) is 2.38. The lowest BCUT2D eigenvalue weighted by Gasteiger charge is -2.05. The second-order valence-corrected chi connectivity index (χ2v) is 3.17. The monoisotopic (exact) mass is 180 g/mol. The van der Waals surface area contributed by atoms with Gasteiger partial charge in [-0.3, -0.25) is 0 Å². The molecule has 64 valence electrons. The van der Waals surface area contributed by atoms with Crippen molar-refractivity contribution in [2.75, 3.05) is 0 Å². The summed E-state index contributed by atoms with van der Waals surface area (Å²) in [4.78, 5) is 0. The van der Waals surface area contributed by atoms with Gasteiger partial charge >= 0.3 is 0 Å². The first kappa shape index (κ1) is 9.34. The molecule has 0 radical (unpaired) electrons. The lowest BCUT2D eigenvalue weighted by Crippen LogP contribution is -1.89. The summed E-state index contributed by atoms with van der Waals surface area (Å²) in [6, 6.07) is 5.93. The average molecular weight is 181 g/mol. The Morgan fingerprint density at radius 1 is 1.50 bits per heavy atom. The first-order valence-electron chi connectivity index (χ1n) is 4.19. The largest absolute Gasteiger partial charge is 0.0985 e. The predicted octanol–water partition coefficient (Wildman–Crippen LogP) is 3.94. The van der Waals surface area contributed by atoms with Crippen LogP contribution in [-0.4, -0.2) is 0 Å². The van der Waals surface area contributed by atoms with E-state index in [0.717, 1.165) is 23.4 Å². The van der Waals surface area contributed by atoms with Gasteiger partial charge in [-0.05, 0) is 23.6 Å². The topological polar surface area (TPSA) is 0 Å². The van der Waals surface area contributed by atoms with Crippen LogP contribution in [0.5, 0.6) is 0 Å². The van der Waals surface area contributed by atoms with E-state index in [1.807, 2.05) is 24.3 Å². The number of rotatable bonds is 3. The van der Waals surface area contributed by atoms with Gasteiger partial charge in [0.05, 0.1) is 0 Å². The third kappa shape index (κ3) is 1.89. The fraction of sp³-hybridized carbons (Fsp3) is 0.273. The molecule has 0 saturated heterocycles. The molecule has 0 aromatic heterocycles. The molecule has 0 aliphatic carbocycles. The van der Waals surface area contributed by atoms with Crippen molar-refractivity contribution in [3.63, 3.8) is 0 Å². The van der Waals surface area contributed by atoms with Gasteiger partial charge < -0.3 is 0 Å². The van der Waals surface area contributed by atoms with Crippen LogP contribution in [0.2, 0.25) is 5.02 Å². The third-order valence-corrected chi connectivity index (χ3v) is 2.23. The van der Waals surface area contributed by atoms with Crippen molar-refractivity contribution in [1.82, 2.24) is 0 Å². The molecule has 1 aromatic carbocycles. The van der Waals surface area contributed by atoms with Crippen LogP contribution < -0.4 is 0 Å². The van der Waals surface area contributed by atoms with Gasteiger partial charge in [0.25, 0.3) is 0 Å². The first-order valence-corrected chi connectivity index (χ1v) is 4.57. The molecule has 0 bridgehead atoms. The van der Waals surface area contributed by atoms with Crippen LogP contribution in [0.1, 0.15) is 24.5 Å². The molecule has 0 nitrogen and oxygen atoms in total. The normalized spacial score (nSPS) is 9.83. The molecule has 0 spiro atoms. The van der Waals surface area contributed by atoms with Gasteiger partial charge in [-0.2, -0.15) is 0 Å². The van der Waals surface area contributed by atoms with E-state index >= 15 is 0 Å². The number of hydrogen-bond donors (Lipinski definition) is 0. The van der Waals surface area contributed by atoms with Crippen molar-refractivity contribution >= 4 is 17.7 Å². The number of hydrogen-bond acceptors (Lipinski definition) is 0. The summed E-state index contributed by atoms with van der Waals surface area (Å²) in [6.07, 6.45) is 4.00. The zero-order valence-electron chi connectivity index (χ0n) is 7.31. The molecule has 0 amide bonds. The molecule has 1 heteroatoms. The fourth-order valence-corrected chi connectivity index (χ4v) is 1.56. The maximum absolute atomic E-state index is 6.04. The highest BCUT2D eigenvalue weighted by Crippen LogP contribution is 2.22. The van der Waals surface area contributed by atoms with Crippen molar-refractivity contribution in [2.45, 2.75) is 19.8 Å². The molecule has 0 N–H and O–H groups in total. The Balaban J connectivity index is 3.10. The molecule has 0 aliphatic rings. The van der Waals surface area contributed by atoms with Crippen LogP contribution in [0, 0.1) is 0 Å². The van der Waals surface area contributed by atoms with E-state index in [2.05, 4.69) is 13.5 Å². The summed E-state index contributed by atoms with van der Waals surface area (Å²) in [7, 11) is 0. The molecule has 0 aliphatic heterocycles. The summed E-state index contributed by atoms with van der Waals surface area (Å²) >= 11 is 6.04. The molecule has 12 heavy (non-hydrogen) atoms. The Morgan fingerprint density at radius 3 is 2.83 bits per heavy atom. The highest BCUT2D eigenvalue weighted by atomic mass is 35.5. The van der Waals surface area contributed by atoms with E-state index in [1.165, 1.54) is 5.56 Å². The lowest BCUT2D eigenvalue weighted by atomic mass is 10.0. The lowest BCUT2D eigenvalue weighted by molar-refractivity contribution is 0.920. The van der Waals surface area contributed by atoms with Gasteiger partial charge in [0, 0.05) is 5.02 Å². The Bertz CT molecular complexity index is 276. The Kier molecular flexibility index (Phi) is 3.36. The maximum atomic E-state index is 6.04. The van der Waals surface area contributed by atoms with Crippen molar-refractivity contribution in [3.8, 4) is 0 Å². The van der Waals surface area contributed by atoms with Crippen LogP contribution in [0.3, 0.4) is 0 Å². The van der Waals surface area contributed by atoms with E-state index in [1.54, 1.807) is 0 Å². The molecule has 0 saturated carbocycles. The van der Waals surface area contributed by atoms with Crippen LogP contribution in [0.4, 0.5) is 0 Å². The van der Waals surface area contributed by atoms with Gasteiger partial charge in [0.2, 0.25) is 0 Å². The van der Waals surface area contributed by atoms with Crippen LogP contribution in [-0.2, 0) is 6.42 Å². The SMILES string of the molecule is C=Cc1cccc(Cl)c1CCC. The van der Waals surface area contributed by atoms with Gasteiger partial charge in [0.15, 0.2) is 0 Å². The van der Waals surface area contributed by atoms with Crippen LogP contribution >= 0.6 is 11.6 Å². The Hall–Kier alpha value is -0.750. The minimum atomic E-state index is 0.856. The molecule has 0 heterocycles. The van der Waals surface area contributed by atoms with Crippen LogP contribution in [0.15, 0.2) is 24.8 Å². The minimum absolute atomic E-state index is 0.856. The van der Waals surface area contributed by atoms with E-state index in [0.29, 0.717) is 0 Å². The van der Waals surface area contributed by atoms with Crippen molar-refractivity contribution in [1.29, 1.82) is 0 Å². The molecule has 0 unspecified atom stereocenters. The Morgan fingerprint density at radius 2 is 2.25 bits per heavy atom. The zero-order valence-corrected chi connectivity index (χ0v) is 8.06. The minimum Gasteiger partial charge on any atom is -0.0985 e. The average Bonchev–Trinajstić information content (AvgIpc) is 2.09. The van der Waals surface area contributed by atoms with Gasteiger partial charge in [0.1, 0.15) is 0 Å². The summed E-state index contributed by atoms with van der Waals surface area (Å²) in [6.45, 7) is 5.91. The van der Waals surface area contributed by atoms with Crippen molar-refractivity contribution < 1.29 is 0 Å². The van der Waals surface area contributed by atoms with Crippen LogP contribution in [0.25, 0.3) is 6.08 Å². The zero-order chi connectivity index (χ0) is 8.97. The summed E-state index contributed by atoms with van der Waals surface area (Å²) in [5.74, 6) is 0. The highest BCUT2D eigenvalue weighted by molar-refractivity contribution is 6.31. The van der Waals surface area contributed by atoms with Crippen molar-refractivity contribution in [2.24, 2.45) is 0 Å². The standard InChI is InChI=1S/C11H13Cl/c1-3-6-10-9(4-2)7-5-8-11(10)12/h4-5,7-8H,2-3,6H2,1H3. The van der Waals surface area contributed by atoms with E-state index < -0.39 is 0 Å². The van der Waals surface area contributed by atoms with Gasteiger partial charge in [-0.15, -0.1) is 0 Å². The molecule has 1 aromatic rings. The van der Waals surface area contributed by atoms with Crippen molar-refractivity contribution in [3.05, 3.63) is 40.9 Å². The van der Waals surface area contributed by atoms with Gasteiger partial charge in [-0.25, -0.2) is 0 Å². The van der Waals surface area contributed by atoms with Gasteiger partial charge in [-0.1, -0.05) is 49.7 Å². The molecule has 0 atom stereocenters. The maximum Gasteiger partial charge on any atom is 0.0443 e. The number of benzene rings is 1. The molecule has 0 fully saturated rings. The first-order chi connectivity index (χ1) is 5.79. The smallest absolute Gasteiger partial charge is 0.0443 e. The molecular weight excluding hydrogens is 168 g/mol. The summed E-state index contributed by atoms with van der Waals surface area (Å²) in [5, 5.41) is 0.856. The summed E-state index contributed by atoms with van der Waals surface area (Å²) < 4.78 is 0. The number of halogens is 1. The second kappa shape index (κ2) is 4.32. The van der Waals surface area contributed by atoms with E-state index in [4.69, 9.17) is 11.6 Å².